The highest BCUT2D eigenvalue weighted by molar-refractivity contribution is 5.99. The summed E-state index contributed by atoms with van der Waals surface area (Å²) in [6.07, 6.45) is 1.25. The van der Waals surface area contributed by atoms with Gasteiger partial charge in [0.15, 0.2) is 17.7 Å². The molecule has 1 aromatic carbocycles. The summed E-state index contributed by atoms with van der Waals surface area (Å²) in [6, 6.07) is 2.79. The molecule has 2 N–H and O–H groups in total. The van der Waals surface area contributed by atoms with Gasteiger partial charge in [-0.3, -0.25) is 14.4 Å². The lowest BCUT2D eigenvalue weighted by atomic mass is 10.1. The molecular formula is C20H19F2N3O5. The Hall–Kier alpha value is -3.27. The lowest BCUT2D eigenvalue weighted by Crippen LogP contribution is -2.57. The SMILES string of the molecule is C[C@@H]1CCO[C@@H]2Cn3cc(C(=O)NCc4ccc(F)cc4F)c(=O)c(O)c3C(=O)N12. The largest absolute Gasteiger partial charge is 0.503 e. The zero-order chi connectivity index (χ0) is 21.6. The third-order valence-electron chi connectivity index (χ3n) is 5.38. The molecule has 1 aromatic heterocycles. The molecule has 30 heavy (non-hydrogen) atoms. The summed E-state index contributed by atoms with van der Waals surface area (Å²) in [7, 11) is 0. The lowest BCUT2D eigenvalue weighted by molar-refractivity contribution is -0.112. The molecule has 2 aliphatic heterocycles. The maximum Gasteiger partial charge on any atom is 0.276 e. The van der Waals surface area contributed by atoms with Crippen molar-refractivity contribution in [2.75, 3.05) is 6.61 Å². The number of aromatic hydroxyl groups is 1. The number of carbonyl (C=O) groups excluding carboxylic acids is 2. The van der Waals surface area contributed by atoms with E-state index in [1.165, 1.54) is 21.7 Å². The average Bonchev–Trinajstić information content (AvgIpc) is 2.69. The van der Waals surface area contributed by atoms with Crippen molar-refractivity contribution < 1.29 is 28.2 Å². The van der Waals surface area contributed by atoms with Crippen molar-refractivity contribution in [1.82, 2.24) is 14.8 Å². The summed E-state index contributed by atoms with van der Waals surface area (Å²) in [5, 5.41) is 12.7. The van der Waals surface area contributed by atoms with E-state index in [1.54, 1.807) is 0 Å². The van der Waals surface area contributed by atoms with Crippen molar-refractivity contribution >= 4 is 11.8 Å². The Kier molecular flexibility index (Phi) is 5.02. The van der Waals surface area contributed by atoms with E-state index >= 15 is 0 Å². The second-order valence-corrected chi connectivity index (χ2v) is 7.32. The summed E-state index contributed by atoms with van der Waals surface area (Å²) in [6.45, 7) is 2.18. The van der Waals surface area contributed by atoms with Gasteiger partial charge in [0.2, 0.25) is 5.43 Å². The third kappa shape index (κ3) is 3.32. The normalized spacial score (nSPS) is 20.5. The Labute approximate surface area is 169 Å². The number of carbonyl (C=O) groups is 2. The fourth-order valence-corrected chi connectivity index (χ4v) is 3.76. The molecule has 0 spiro atoms. The number of amides is 2. The molecule has 0 radical (unpaired) electrons. The second-order valence-electron chi connectivity index (χ2n) is 7.32. The van der Waals surface area contributed by atoms with E-state index in [9.17, 15) is 28.3 Å². The van der Waals surface area contributed by atoms with Crippen LogP contribution in [0.4, 0.5) is 8.78 Å². The van der Waals surface area contributed by atoms with E-state index in [0.717, 1.165) is 6.07 Å². The van der Waals surface area contributed by atoms with Crippen LogP contribution in [0.15, 0.2) is 29.2 Å². The summed E-state index contributed by atoms with van der Waals surface area (Å²) in [5.41, 5.74) is -1.57. The number of hydrogen-bond donors (Lipinski definition) is 2. The molecule has 0 unspecified atom stereocenters. The van der Waals surface area contributed by atoms with E-state index in [-0.39, 0.29) is 30.4 Å². The van der Waals surface area contributed by atoms with Crippen molar-refractivity contribution in [1.29, 1.82) is 0 Å². The van der Waals surface area contributed by atoms with Gasteiger partial charge < -0.3 is 24.6 Å². The van der Waals surface area contributed by atoms with Crippen LogP contribution in [0.25, 0.3) is 0 Å². The van der Waals surface area contributed by atoms with E-state index in [2.05, 4.69) is 5.32 Å². The molecule has 0 saturated carbocycles. The third-order valence-corrected chi connectivity index (χ3v) is 5.38. The van der Waals surface area contributed by atoms with Gasteiger partial charge >= 0.3 is 0 Å². The summed E-state index contributed by atoms with van der Waals surface area (Å²) in [4.78, 5) is 39.4. The second kappa shape index (κ2) is 7.52. The zero-order valence-electron chi connectivity index (χ0n) is 16.0. The van der Waals surface area contributed by atoms with Crippen molar-refractivity contribution in [3.05, 3.63) is 63.1 Å². The maximum atomic E-state index is 13.8. The molecule has 1 fully saturated rings. The van der Waals surface area contributed by atoms with Crippen LogP contribution in [0.5, 0.6) is 5.75 Å². The summed E-state index contributed by atoms with van der Waals surface area (Å²) < 4.78 is 33.7. The first-order valence-electron chi connectivity index (χ1n) is 9.40. The zero-order valence-corrected chi connectivity index (χ0v) is 16.0. The quantitative estimate of drug-likeness (QED) is 0.782. The van der Waals surface area contributed by atoms with Crippen molar-refractivity contribution in [2.45, 2.75) is 38.7 Å². The molecular weight excluding hydrogens is 400 g/mol. The number of benzene rings is 1. The van der Waals surface area contributed by atoms with Gasteiger partial charge in [-0.15, -0.1) is 0 Å². The van der Waals surface area contributed by atoms with Crippen molar-refractivity contribution in [2.24, 2.45) is 0 Å². The van der Waals surface area contributed by atoms with Crippen LogP contribution in [0.3, 0.4) is 0 Å². The number of nitrogens with one attached hydrogen (secondary N) is 1. The number of pyridine rings is 1. The molecule has 4 rings (SSSR count). The van der Waals surface area contributed by atoms with Crippen LogP contribution in [0.2, 0.25) is 0 Å². The van der Waals surface area contributed by atoms with Gasteiger partial charge in [-0.25, -0.2) is 8.78 Å². The Balaban J connectivity index is 1.63. The van der Waals surface area contributed by atoms with Crippen LogP contribution in [-0.4, -0.2) is 45.3 Å². The highest BCUT2D eigenvalue weighted by atomic mass is 19.1. The molecule has 1 saturated heterocycles. The number of rotatable bonds is 3. The molecule has 10 heteroatoms. The lowest BCUT2D eigenvalue weighted by Gasteiger charge is -2.44. The Morgan fingerprint density at radius 2 is 2.10 bits per heavy atom. The van der Waals surface area contributed by atoms with Gasteiger partial charge in [-0.05, 0) is 19.4 Å². The minimum absolute atomic E-state index is 0.0300. The standard InChI is InChI=1S/C20H19F2N3O5/c1-10-4-5-30-15-9-24-8-13(17(26)18(27)16(24)20(29)25(10)15)19(28)23-7-11-2-3-12(21)6-14(11)22/h2-3,6,8,10,15,27H,4-5,7,9H2,1H3,(H,23,28)/t10-,15-/m1/s1. The van der Waals surface area contributed by atoms with Crippen LogP contribution >= 0.6 is 0 Å². The highest BCUT2D eigenvalue weighted by Gasteiger charge is 2.41. The van der Waals surface area contributed by atoms with Gasteiger partial charge in [0.1, 0.15) is 17.2 Å². The number of hydrogen-bond acceptors (Lipinski definition) is 5. The van der Waals surface area contributed by atoms with Crippen LogP contribution in [0, 0.1) is 11.6 Å². The number of halogens is 2. The first-order valence-corrected chi connectivity index (χ1v) is 9.40. The minimum Gasteiger partial charge on any atom is -0.503 e. The Morgan fingerprint density at radius 1 is 1.33 bits per heavy atom. The number of fused-ring (bicyclic) bond motifs is 2. The number of nitrogens with zero attached hydrogens (tertiary/aromatic N) is 2. The van der Waals surface area contributed by atoms with Gasteiger partial charge in [0, 0.05) is 30.4 Å². The summed E-state index contributed by atoms with van der Waals surface area (Å²) >= 11 is 0. The monoisotopic (exact) mass is 419 g/mol. The molecule has 2 aliphatic rings. The molecule has 0 aliphatic carbocycles. The van der Waals surface area contributed by atoms with E-state index in [1.807, 2.05) is 6.92 Å². The molecule has 0 bridgehead atoms. The van der Waals surface area contributed by atoms with Gasteiger partial charge in [0.05, 0.1) is 13.2 Å². The van der Waals surface area contributed by atoms with E-state index in [4.69, 9.17) is 4.74 Å². The predicted octanol–water partition coefficient (Wildman–Crippen LogP) is 1.35. The summed E-state index contributed by atoms with van der Waals surface area (Å²) in [5.74, 6) is -3.82. The number of aromatic nitrogens is 1. The van der Waals surface area contributed by atoms with Gasteiger partial charge in [0.25, 0.3) is 11.8 Å². The van der Waals surface area contributed by atoms with Crippen LogP contribution < -0.4 is 10.7 Å². The smallest absolute Gasteiger partial charge is 0.276 e. The van der Waals surface area contributed by atoms with E-state index < -0.39 is 46.4 Å². The molecule has 158 valence electrons. The molecule has 2 atom stereocenters. The maximum absolute atomic E-state index is 13.8. The predicted molar refractivity (Wildman–Crippen MR) is 99.9 cm³/mol. The van der Waals surface area contributed by atoms with Crippen molar-refractivity contribution in [3.8, 4) is 5.75 Å². The van der Waals surface area contributed by atoms with Gasteiger partial charge in [-0.2, -0.15) is 0 Å². The first-order chi connectivity index (χ1) is 14.3. The van der Waals surface area contributed by atoms with E-state index in [0.29, 0.717) is 19.1 Å². The first kappa shape index (κ1) is 20.0. The van der Waals surface area contributed by atoms with Crippen LogP contribution in [0.1, 0.15) is 39.8 Å². The fourth-order valence-electron chi connectivity index (χ4n) is 3.76. The molecule has 3 heterocycles. The topological polar surface area (TPSA) is 101 Å². The number of ether oxygens (including phenoxy) is 1. The van der Waals surface area contributed by atoms with Crippen molar-refractivity contribution in [3.63, 3.8) is 0 Å². The molecule has 2 aromatic rings. The molecule has 2 amide bonds. The van der Waals surface area contributed by atoms with Gasteiger partial charge in [-0.1, -0.05) is 6.07 Å². The molecule has 8 nitrogen and oxygen atoms in total. The minimum atomic E-state index is -1.00. The highest BCUT2D eigenvalue weighted by Crippen LogP contribution is 2.29. The Morgan fingerprint density at radius 3 is 2.83 bits per heavy atom. The average molecular weight is 419 g/mol. The Bertz CT molecular complexity index is 1100. The van der Waals surface area contributed by atoms with Crippen LogP contribution in [-0.2, 0) is 17.8 Å². The fraction of sp³-hybridized carbons (Fsp3) is 0.350.